The molecule has 0 atom stereocenters. The molecule has 1 aromatic heterocycles. The van der Waals surface area contributed by atoms with Gasteiger partial charge in [0.1, 0.15) is 12.4 Å². The Kier molecular flexibility index (Phi) is 14.5. The first-order valence-corrected chi connectivity index (χ1v) is 13.6. The molecule has 1 aromatic rings. The van der Waals surface area contributed by atoms with Crippen molar-refractivity contribution in [3.05, 3.63) is 16.4 Å². The molecule has 2 rings (SSSR count). The molecule has 0 saturated heterocycles. The summed E-state index contributed by atoms with van der Waals surface area (Å²) in [5.74, 6) is 0.376. The van der Waals surface area contributed by atoms with Crippen molar-refractivity contribution in [2.75, 3.05) is 11.9 Å². The molecule has 1 aliphatic carbocycles. The standard InChI is InChI=1S/C26H46N4O3/c1-2-3-4-5-6-7-8-9-10-11-12-13-14-18-21-27-25-24(30(31)32)26(29-22-28-25)33-23-19-16-15-17-20-23/h22-23H,2-21H2,1H3,(H,27,28,29). The highest BCUT2D eigenvalue weighted by atomic mass is 16.6. The molecule has 0 bridgehead atoms. The van der Waals surface area contributed by atoms with E-state index in [1.165, 1.54) is 89.8 Å². The second-order valence-electron chi connectivity index (χ2n) is 9.53. The lowest BCUT2D eigenvalue weighted by Crippen LogP contribution is -2.21. The fourth-order valence-electron chi connectivity index (χ4n) is 4.61. The Morgan fingerprint density at radius 2 is 1.42 bits per heavy atom. The van der Waals surface area contributed by atoms with Gasteiger partial charge in [-0.05, 0) is 32.1 Å². The number of rotatable bonds is 19. The molecular formula is C26H46N4O3. The maximum absolute atomic E-state index is 11.7. The minimum absolute atomic E-state index is 0.0194. The van der Waals surface area contributed by atoms with Gasteiger partial charge in [-0.15, -0.1) is 0 Å². The lowest BCUT2D eigenvalue weighted by Gasteiger charge is -2.22. The molecule has 7 heteroatoms. The summed E-state index contributed by atoms with van der Waals surface area (Å²) in [6, 6.07) is 0. The number of hydrogen-bond acceptors (Lipinski definition) is 6. The lowest BCUT2D eigenvalue weighted by atomic mass is 9.98. The molecule has 1 N–H and O–H groups in total. The topological polar surface area (TPSA) is 90.2 Å². The van der Waals surface area contributed by atoms with Gasteiger partial charge in [-0.3, -0.25) is 10.1 Å². The molecule has 0 spiro atoms. The van der Waals surface area contributed by atoms with Crippen LogP contribution in [0.25, 0.3) is 0 Å². The van der Waals surface area contributed by atoms with E-state index in [1.807, 2.05) is 0 Å². The van der Waals surface area contributed by atoms with E-state index in [-0.39, 0.29) is 23.5 Å². The summed E-state index contributed by atoms with van der Waals surface area (Å²) in [7, 11) is 0. The van der Waals surface area contributed by atoms with Crippen LogP contribution >= 0.6 is 0 Å². The smallest absolute Gasteiger partial charge is 0.372 e. The molecule has 1 fully saturated rings. The summed E-state index contributed by atoms with van der Waals surface area (Å²) in [4.78, 5) is 19.4. The Balaban J connectivity index is 1.55. The molecule has 1 aliphatic rings. The van der Waals surface area contributed by atoms with Gasteiger partial charge >= 0.3 is 5.69 Å². The third kappa shape index (κ3) is 11.7. The summed E-state index contributed by atoms with van der Waals surface area (Å²) < 4.78 is 5.88. The van der Waals surface area contributed by atoms with Crippen LogP contribution in [0, 0.1) is 10.1 Å². The van der Waals surface area contributed by atoms with E-state index < -0.39 is 4.92 Å². The number of nitrogens with one attached hydrogen (secondary N) is 1. The van der Waals surface area contributed by atoms with Gasteiger partial charge in [0.25, 0.3) is 5.88 Å². The van der Waals surface area contributed by atoms with Gasteiger partial charge < -0.3 is 10.1 Å². The van der Waals surface area contributed by atoms with Gasteiger partial charge in [0.15, 0.2) is 0 Å². The second kappa shape index (κ2) is 17.5. The van der Waals surface area contributed by atoms with Crippen molar-refractivity contribution < 1.29 is 9.66 Å². The van der Waals surface area contributed by atoms with Crippen molar-refractivity contribution in [2.24, 2.45) is 0 Å². The van der Waals surface area contributed by atoms with Crippen LogP contribution in [0.2, 0.25) is 0 Å². The van der Waals surface area contributed by atoms with Crippen LogP contribution in [0.5, 0.6) is 5.88 Å². The fourth-order valence-corrected chi connectivity index (χ4v) is 4.61. The minimum atomic E-state index is -0.425. The van der Waals surface area contributed by atoms with Crippen LogP contribution in [0.3, 0.4) is 0 Å². The van der Waals surface area contributed by atoms with Crippen molar-refractivity contribution in [1.82, 2.24) is 9.97 Å². The summed E-state index contributed by atoms with van der Waals surface area (Å²) >= 11 is 0. The number of aromatic nitrogens is 2. The number of nitro groups is 1. The van der Waals surface area contributed by atoms with Crippen LogP contribution in [0.1, 0.15) is 129 Å². The Labute approximate surface area is 200 Å². The van der Waals surface area contributed by atoms with Gasteiger partial charge in [0, 0.05) is 6.54 Å². The first-order valence-electron chi connectivity index (χ1n) is 13.6. The predicted molar refractivity (Wildman–Crippen MR) is 135 cm³/mol. The first-order chi connectivity index (χ1) is 16.2. The van der Waals surface area contributed by atoms with Gasteiger partial charge in [0.05, 0.1) is 4.92 Å². The summed E-state index contributed by atoms with van der Waals surface area (Å²) in [5, 5.41) is 14.8. The zero-order valence-electron chi connectivity index (χ0n) is 20.9. The molecule has 7 nitrogen and oxygen atoms in total. The number of anilines is 1. The molecule has 1 heterocycles. The third-order valence-corrected chi connectivity index (χ3v) is 6.62. The van der Waals surface area contributed by atoms with Gasteiger partial charge in [-0.1, -0.05) is 96.8 Å². The molecule has 188 valence electrons. The zero-order chi connectivity index (χ0) is 23.6. The SMILES string of the molecule is CCCCCCCCCCCCCCCCNc1ncnc(OC2CCCCC2)c1[N+](=O)[O-]. The van der Waals surface area contributed by atoms with E-state index >= 15 is 0 Å². The quantitative estimate of drug-likeness (QED) is 0.127. The largest absolute Gasteiger partial charge is 0.469 e. The monoisotopic (exact) mass is 462 g/mol. The van der Waals surface area contributed by atoms with Crippen LogP contribution < -0.4 is 10.1 Å². The maximum Gasteiger partial charge on any atom is 0.372 e. The maximum atomic E-state index is 11.7. The molecule has 0 radical (unpaired) electrons. The molecule has 0 amide bonds. The van der Waals surface area contributed by atoms with E-state index in [9.17, 15) is 10.1 Å². The van der Waals surface area contributed by atoms with E-state index in [2.05, 4.69) is 22.2 Å². The van der Waals surface area contributed by atoms with Gasteiger partial charge in [-0.2, -0.15) is 4.98 Å². The zero-order valence-corrected chi connectivity index (χ0v) is 20.9. The average molecular weight is 463 g/mol. The second-order valence-corrected chi connectivity index (χ2v) is 9.53. The Morgan fingerprint density at radius 1 is 0.879 bits per heavy atom. The number of unbranched alkanes of at least 4 members (excludes halogenated alkanes) is 13. The minimum Gasteiger partial charge on any atom is -0.469 e. The summed E-state index contributed by atoms with van der Waals surface area (Å²) in [6.07, 6.45) is 25.1. The highest BCUT2D eigenvalue weighted by Gasteiger charge is 2.27. The highest BCUT2D eigenvalue weighted by molar-refractivity contribution is 5.61. The van der Waals surface area contributed by atoms with Crippen LogP contribution in [0.15, 0.2) is 6.33 Å². The van der Waals surface area contributed by atoms with Crippen molar-refractivity contribution >= 4 is 11.5 Å². The van der Waals surface area contributed by atoms with Gasteiger partial charge in [0.2, 0.25) is 5.82 Å². The molecule has 0 aromatic carbocycles. The van der Waals surface area contributed by atoms with Crippen LogP contribution in [-0.4, -0.2) is 27.5 Å². The van der Waals surface area contributed by atoms with E-state index in [4.69, 9.17) is 4.74 Å². The van der Waals surface area contributed by atoms with E-state index in [0.717, 1.165) is 38.5 Å². The molecule has 0 aliphatic heterocycles. The van der Waals surface area contributed by atoms with Gasteiger partial charge in [-0.25, -0.2) is 4.98 Å². The van der Waals surface area contributed by atoms with Crippen LogP contribution in [-0.2, 0) is 0 Å². The average Bonchev–Trinajstić information content (AvgIpc) is 2.82. The number of hydrogen-bond donors (Lipinski definition) is 1. The van der Waals surface area contributed by atoms with E-state index in [1.54, 1.807) is 0 Å². The Morgan fingerprint density at radius 3 is 1.97 bits per heavy atom. The highest BCUT2D eigenvalue weighted by Crippen LogP contribution is 2.33. The summed E-state index contributed by atoms with van der Waals surface area (Å²) in [6.45, 7) is 2.95. The van der Waals surface area contributed by atoms with Crippen molar-refractivity contribution in [3.8, 4) is 5.88 Å². The van der Waals surface area contributed by atoms with E-state index in [0.29, 0.717) is 6.54 Å². The first kappa shape index (κ1) is 27.3. The van der Waals surface area contributed by atoms with Crippen LogP contribution in [0.4, 0.5) is 11.5 Å². The Hall–Kier alpha value is -1.92. The van der Waals surface area contributed by atoms with Crippen molar-refractivity contribution in [3.63, 3.8) is 0 Å². The Bertz CT molecular complexity index is 650. The number of nitrogens with zero attached hydrogens (tertiary/aromatic N) is 3. The third-order valence-electron chi connectivity index (χ3n) is 6.62. The normalized spacial score (nSPS) is 14.3. The van der Waals surface area contributed by atoms with Crippen molar-refractivity contribution in [1.29, 1.82) is 0 Å². The summed E-state index contributed by atoms with van der Waals surface area (Å²) in [5.41, 5.74) is -0.131. The van der Waals surface area contributed by atoms with Crippen molar-refractivity contribution in [2.45, 2.75) is 135 Å². The fraction of sp³-hybridized carbons (Fsp3) is 0.846. The lowest BCUT2D eigenvalue weighted by molar-refractivity contribution is -0.385. The molecular weight excluding hydrogens is 416 g/mol. The molecule has 0 unspecified atom stereocenters. The molecule has 1 saturated carbocycles. The number of ether oxygens (including phenoxy) is 1. The molecule has 33 heavy (non-hydrogen) atoms. The predicted octanol–water partition coefficient (Wildman–Crippen LogP) is 7.99.